The van der Waals surface area contributed by atoms with Crippen molar-refractivity contribution in [1.29, 1.82) is 0 Å². The first-order chi connectivity index (χ1) is 10.1. The number of carbonyl (C=O) groups is 1. The summed E-state index contributed by atoms with van der Waals surface area (Å²) in [4.78, 5) is 21.8. The molecule has 0 saturated heterocycles. The highest BCUT2D eigenvalue weighted by Gasteiger charge is 2.06. The molecule has 2 amide bonds. The lowest BCUT2D eigenvalue weighted by Crippen LogP contribution is -2.28. The zero-order chi connectivity index (χ0) is 15.2. The standard InChI is InChI=1S/C14H12BrN3O3/c15-13-4-2-1-3-10(13)9-16-14(19)17-11-5-7-12(8-6-11)18(20)21/h1-8H,9H2,(H2,16,17,19). The van der Waals surface area contributed by atoms with Crippen molar-refractivity contribution in [3.8, 4) is 0 Å². The summed E-state index contributed by atoms with van der Waals surface area (Å²) in [5.74, 6) is 0. The number of amides is 2. The van der Waals surface area contributed by atoms with E-state index in [0.29, 0.717) is 12.2 Å². The Morgan fingerprint density at radius 3 is 2.43 bits per heavy atom. The minimum Gasteiger partial charge on any atom is -0.334 e. The zero-order valence-corrected chi connectivity index (χ0v) is 12.5. The van der Waals surface area contributed by atoms with E-state index in [9.17, 15) is 14.9 Å². The molecule has 6 nitrogen and oxygen atoms in total. The number of hydrogen-bond donors (Lipinski definition) is 2. The number of nitro groups is 1. The van der Waals surface area contributed by atoms with Crippen molar-refractivity contribution in [1.82, 2.24) is 5.32 Å². The maximum absolute atomic E-state index is 11.7. The summed E-state index contributed by atoms with van der Waals surface area (Å²) in [5.41, 5.74) is 1.43. The number of nitrogens with zero attached hydrogens (tertiary/aromatic N) is 1. The number of rotatable bonds is 4. The molecule has 0 aliphatic heterocycles. The van der Waals surface area contributed by atoms with Crippen LogP contribution in [-0.2, 0) is 6.54 Å². The van der Waals surface area contributed by atoms with Gasteiger partial charge >= 0.3 is 6.03 Å². The van der Waals surface area contributed by atoms with E-state index >= 15 is 0 Å². The van der Waals surface area contributed by atoms with Crippen LogP contribution in [0.5, 0.6) is 0 Å². The van der Waals surface area contributed by atoms with Crippen molar-refractivity contribution in [2.24, 2.45) is 0 Å². The number of nitro benzene ring substituents is 1. The minimum atomic E-state index is -0.489. The van der Waals surface area contributed by atoms with Crippen LogP contribution >= 0.6 is 15.9 Å². The number of hydrogen-bond acceptors (Lipinski definition) is 3. The van der Waals surface area contributed by atoms with E-state index in [2.05, 4.69) is 26.6 Å². The van der Waals surface area contributed by atoms with Gasteiger partial charge in [-0.3, -0.25) is 10.1 Å². The molecule has 0 saturated carbocycles. The Bertz CT molecular complexity index is 659. The Balaban J connectivity index is 1.90. The van der Waals surface area contributed by atoms with E-state index in [1.54, 1.807) is 0 Å². The summed E-state index contributed by atoms with van der Waals surface area (Å²) in [6.07, 6.45) is 0. The van der Waals surface area contributed by atoms with Gasteiger partial charge < -0.3 is 10.6 Å². The second-order valence-corrected chi connectivity index (χ2v) is 5.06. The summed E-state index contributed by atoms with van der Waals surface area (Å²) in [6, 6.07) is 12.8. The van der Waals surface area contributed by atoms with Gasteiger partial charge in [-0.15, -0.1) is 0 Å². The summed E-state index contributed by atoms with van der Waals surface area (Å²) >= 11 is 3.40. The number of anilines is 1. The molecule has 0 bridgehead atoms. The lowest BCUT2D eigenvalue weighted by molar-refractivity contribution is -0.384. The van der Waals surface area contributed by atoms with Gasteiger partial charge in [0, 0.05) is 28.8 Å². The molecule has 0 fully saturated rings. The first-order valence-electron chi connectivity index (χ1n) is 6.09. The molecular formula is C14H12BrN3O3. The number of benzene rings is 2. The average Bonchev–Trinajstić information content (AvgIpc) is 2.47. The van der Waals surface area contributed by atoms with E-state index in [1.807, 2.05) is 24.3 Å². The van der Waals surface area contributed by atoms with Crippen molar-refractivity contribution >= 4 is 33.3 Å². The normalized spacial score (nSPS) is 9.95. The third kappa shape index (κ3) is 4.28. The Kier molecular flexibility index (Phi) is 4.89. The topological polar surface area (TPSA) is 84.3 Å². The van der Waals surface area contributed by atoms with Crippen LogP contribution in [0.1, 0.15) is 5.56 Å². The van der Waals surface area contributed by atoms with Crippen LogP contribution in [0.2, 0.25) is 0 Å². The van der Waals surface area contributed by atoms with Gasteiger partial charge in [-0.2, -0.15) is 0 Å². The average molecular weight is 350 g/mol. The van der Waals surface area contributed by atoms with Gasteiger partial charge in [0.15, 0.2) is 0 Å². The number of urea groups is 1. The Hall–Kier alpha value is -2.41. The lowest BCUT2D eigenvalue weighted by Gasteiger charge is -2.08. The quantitative estimate of drug-likeness (QED) is 0.652. The summed E-state index contributed by atoms with van der Waals surface area (Å²) < 4.78 is 0.917. The molecule has 0 unspecified atom stereocenters. The Morgan fingerprint density at radius 1 is 1.14 bits per heavy atom. The molecule has 0 aromatic heterocycles. The smallest absolute Gasteiger partial charge is 0.319 e. The third-order valence-corrected chi connectivity index (χ3v) is 3.51. The van der Waals surface area contributed by atoms with Crippen LogP contribution in [0.3, 0.4) is 0 Å². The summed E-state index contributed by atoms with van der Waals surface area (Å²) in [7, 11) is 0. The zero-order valence-electron chi connectivity index (χ0n) is 10.9. The van der Waals surface area contributed by atoms with Crippen LogP contribution in [0.25, 0.3) is 0 Å². The number of halogens is 1. The third-order valence-electron chi connectivity index (χ3n) is 2.73. The van der Waals surface area contributed by atoms with Crippen LogP contribution in [0.4, 0.5) is 16.2 Å². The van der Waals surface area contributed by atoms with E-state index in [4.69, 9.17) is 0 Å². The fourth-order valence-electron chi connectivity index (χ4n) is 1.66. The van der Waals surface area contributed by atoms with Crippen LogP contribution < -0.4 is 10.6 Å². The molecule has 2 N–H and O–H groups in total. The fraction of sp³-hybridized carbons (Fsp3) is 0.0714. The highest BCUT2D eigenvalue weighted by atomic mass is 79.9. The molecule has 21 heavy (non-hydrogen) atoms. The second-order valence-electron chi connectivity index (χ2n) is 4.20. The summed E-state index contributed by atoms with van der Waals surface area (Å²) in [5, 5.41) is 15.8. The van der Waals surface area contributed by atoms with Gasteiger partial charge in [0.2, 0.25) is 0 Å². The monoisotopic (exact) mass is 349 g/mol. The van der Waals surface area contributed by atoms with E-state index in [1.165, 1.54) is 24.3 Å². The summed E-state index contributed by atoms with van der Waals surface area (Å²) in [6.45, 7) is 0.375. The lowest BCUT2D eigenvalue weighted by atomic mass is 10.2. The predicted molar refractivity (Wildman–Crippen MR) is 83.1 cm³/mol. The molecule has 0 atom stereocenters. The van der Waals surface area contributed by atoms with Crippen molar-refractivity contribution < 1.29 is 9.72 Å². The number of carbonyl (C=O) groups excluding carboxylic acids is 1. The molecule has 0 spiro atoms. The molecule has 0 aliphatic carbocycles. The molecule has 108 valence electrons. The second kappa shape index (κ2) is 6.85. The molecule has 2 rings (SSSR count). The van der Waals surface area contributed by atoms with Gasteiger partial charge in [0.25, 0.3) is 5.69 Å². The maximum atomic E-state index is 11.7. The van der Waals surface area contributed by atoms with Gasteiger partial charge in [-0.25, -0.2) is 4.79 Å². The van der Waals surface area contributed by atoms with E-state index < -0.39 is 4.92 Å². The first kappa shape index (κ1) is 15.0. The molecule has 0 aliphatic rings. The first-order valence-corrected chi connectivity index (χ1v) is 6.88. The molecular weight excluding hydrogens is 338 g/mol. The molecule has 0 radical (unpaired) electrons. The molecule has 7 heteroatoms. The minimum absolute atomic E-state index is 0.0193. The largest absolute Gasteiger partial charge is 0.334 e. The van der Waals surface area contributed by atoms with Gasteiger partial charge in [-0.1, -0.05) is 34.1 Å². The highest BCUT2D eigenvalue weighted by molar-refractivity contribution is 9.10. The number of nitrogens with one attached hydrogen (secondary N) is 2. The molecule has 2 aromatic rings. The van der Waals surface area contributed by atoms with Gasteiger partial charge in [0.05, 0.1) is 4.92 Å². The predicted octanol–water partition coefficient (Wildman–Crippen LogP) is 3.68. The SMILES string of the molecule is O=C(NCc1ccccc1Br)Nc1ccc([N+](=O)[O-])cc1. The number of non-ortho nitro benzene ring substituents is 1. The molecule has 2 aromatic carbocycles. The van der Waals surface area contributed by atoms with Crippen molar-refractivity contribution in [3.05, 3.63) is 68.7 Å². The molecule has 0 heterocycles. The maximum Gasteiger partial charge on any atom is 0.319 e. The highest BCUT2D eigenvalue weighted by Crippen LogP contribution is 2.16. The van der Waals surface area contributed by atoms with Crippen molar-refractivity contribution in [3.63, 3.8) is 0 Å². The van der Waals surface area contributed by atoms with Crippen LogP contribution in [-0.4, -0.2) is 11.0 Å². The van der Waals surface area contributed by atoms with Gasteiger partial charge in [0.1, 0.15) is 0 Å². The van der Waals surface area contributed by atoms with Crippen molar-refractivity contribution in [2.45, 2.75) is 6.54 Å². The van der Waals surface area contributed by atoms with Crippen molar-refractivity contribution in [2.75, 3.05) is 5.32 Å². The van der Waals surface area contributed by atoms with Crippen LogP contribution in [0.15, 0.2) is 53.0 Å². The van der Waals surface area contributed by atoms with E-state index in [0.717, 1.165) is 10.0 Å². The Labute approximate surface area is 129 Å². The fourth-order valence-corrected chi connectivity index (χ4v) is 2.08. The van der Waals surface area contributed by atoms with Gasteiger partial charge in [-0.05, 0) is 23.8 Å². The Morgan fingerprint density at radius 2 is 1.81 bits per heavy atom. The van der Waals surface area contributed by atoms with E-state index in [-0.39, 0.29) is 11.7 Å². The van der Waals surface area contributed by atoms with Crippen LogP contribution in [0, 0.1) is 10.1 Å².